The first-order chi connectivity index (χ1) is 13.8. The molecule has 0 spiro atoms. The molecule has 1 atom stereocenters. The highest BCUT2D eigenvalue weighted by Crippen LogP contribution is 2.36. The second-order valence-corrected chi connectivity index (χ2v) is 8.79. The number of nitrogens with zero attached hydrogens (tertiary/aromatic N) is 2. The second kappa shape index (κ2) is 8.61. The maximum atomic E-state index is 12.5. The molecule has 0 amide bonds. The number of fused-ring (bicyclic) bond motifs is 1. The molecule has 1 aromatic rings. The van der Waals surface area contributed by atoms with Crippen molar-refractivity contribution in [2.75, 3.05) is 6.61 Å². The normalized spacial score (nSPS) is 23.2. The van der Waals surface area contributed by atoms with Gasteiger partial charge in [0.2, 0.25) is 0 Å². The lowest BCUT2D eigenvalue weighted by Crippen LogP contribution is -2.26. The first-order valence-electron chi connectivity index (χ1n) is 10.4. The average Bonchev–Trinajstić information content (AvgIpc) is 3.06. The predicted molar refractivity (Wildman–Crippen MR) is 108 cm³/mol. The van der Waals surface area contributed by atoms with Crippen molar-refractivity contribution in [1.82, 2.24) is 5.16 Å². The smallest absolute Gasteiger partial charge is 0.168 e. The van der Waals surface area contributed by atoms with Gasteiger partial charge in [-0.2, -0.15) is 0 Å². The first-order valence-corrected chi connectivity index (χ1v) is 10.4. The van der Waals surface area contributed by atoms with E-state index in [9.17, 15) is 19.8 Å². The number of aryl methyl sites for hydroxylation is 1. The molecular formula is C22H30N2O5. The standard InChI is InChI=1S/C22H30N2O5/c1-4-13(12-25)23-14-6-5-7-16(26)20(14)17(27)9-8-15-21-18(28)10-22(2,3)11-19(21)29-24-15/h13,25,27H,4-12H2,1-3H3. The van der Waals surface area contributed by atoms with Crippen LogP contribution in [-0.2, 0) is 17.6 Å². The molecule has 29 heavy (non-hydrogen) atoms. The minimum Gasteiger partial charge on any atom is -0.511 e. The Labute approximate surface area is 170 Å². The van der Waals surface area contributed by atoms with E-state index in [1.165, 1.54) is 0 Å². The van der Waals surface area contributed by atoms with E-state index in [0.29, 0.717) is 67.7 Å². The van der Waals surface area contributed by atoms with Crippen molar-refractivity contribution in [1.29, 1.82) is 0 Å². The lowest BCUT2D eigenvalue weighted by Gasteiger charge is -2.26. The number of hydrogen-bond acceptors (Lipinski definition) is 7. The number of aliphatic hydroxyl groups is 2. The molecule has 1 saturated carbocycles. The third-order valence-corrected chi connectivity index (χ3v) is 5.68. The van der Waals surface area contributed by atoms with E-state index >= 15 is 0 Å². The molecular weight excluding hydrogens is 372 g/mol. The minimum atomic E-state index is -0.276. The number of ketones is 2. The number of rotatable bonds is 6. The van der Waals surface area contributed by atoms with Gasteiger partial charge in [0.05, 0.1) is 29.5 Å². The van der Waals surface area contributed by atoms with Gasteiger partial charge in [-0.15, -0.1) is 0 Å². The molecule has 3 rings (SSSR count). The van der Waals surface area contributed by atoms with Crippen LogP contribution in [0.3, 0.4) is 0 Å². The predicted octanol–water partition coefficient (Wildman–Crippen LogP) is 3.54. The number of carbonyl (C=O) groups is 2. The molecule has 7 nitrogen and oxygen atoms in total. The van der Waals surface area contributed by atoms with E-state index < -0.39 is 0 Å². The molecule has 1 aromatic heterocycles. The third kappa shape index (κ3) is 4.66. The van der Waals surface area contributed by atoms with Gasteiger partial charge < -0.3 is 14.7 Å². The summed E-state index contributed by atoms with van der Waals surface area (Å²) in [6, 6.07) is -0.276. The van der Waals surface area contributed by atoms with Crippen LogP contribution in [0, 0.1) is 5.41 Å². The molecule has 2 aliphatic rings. The lowest BCUT2D eigenvalue weighted by molar-refractivity contribution is -0.115. The summed E-state index contributed by atoms with van der Waals surface area (Å²) in [6.45, 7) is 5.88. The first kappa shape index (κ1) is 21.4. The van der Waals surface area contributed by atoms with Gasteiger partial charge in [-0.3, -0.25) is 14.6 Å². The fraction of sp³-hybridized carbons (Fsp3) is 0.636. The van der Waals surface area contributed by atoms with E-state index in [0.717, 1.165) is 0 Å². The fourth-order valence-electron chi connectivity index (χ4n) is 4.12. The van der Waals surface area contributed by atoms with Crippen molar-refractivity contribution in [3.05, 3.63) is 28.3 Å². The number of carbonyl (C=O) groups excluding carboxylic acids is 2. The maximum absolute atomic E-state index is 12.5. The SMILES string of the molecule is CCC(CO)N=C1CCCC(=O)C1=C(O)CCc1noc2c1C(=O)CC(C)(C)C2. The Morgan fingerprint density at radius 3 is 2.69 bits per heavy atom. The van der Waals surface area contributed by atoms with Crippen molar-refractivity contribution in [3.8, 4) is 0 Å². The third-order valence-electron chi connectivity index (χ3n) is 5.68. The molecule has 7 heteroatoms. The number of aliphatic imine (C=N–C) groups is 1. The summed E-state index contributed by atoms with van der Waals surface area (Å²) in [4.78, 5) is 29.5. The van der Waals surface area contributed by atoms with Crippen LogP contribution in [0.5, 0.6) is 0 Å². The summed E-state index contributed by atoms with van der Waals surface area (Å²) < 4.78 is 5.41. The molecule has 1 fully saturated rings. The van der Waals surface area contributed by atoms with Crippen molar-refractivity contribution < 1.29 is 24.3 Å². The second-order valence-electron chi connectivity index (χ2n) is 8.79. The Morgan fingerprint density at radius 2 is 2.00 bits per heavy atom. The molecule has 0 aliphatic heterocycles. The summed E-state index contributed by atoms with van der Waals surface area (Å²) in [7, 11) is 0. The molecule has 0 aromatic carbocycles. The quantitative estimate of drug-likeness (QED) is 0.556. The summed E-state index contributed by atoms with van der Waals surface area (Å²) in [5.41, 5.74) is 1.77. The molecule has 0 bridgehead atoms. The Morgan fingerprint density at radius 1 is 1.24 bits per heavy atom. The zero-order chi connectivity index (χ0) is 21.2. The molecule has 0 saturated heterocycles. The van der Waals surface area contributed by atoms with Gasteiger partial charge in [0.1, 0.15) is 11.5 Å². The van der Waals surface area contributed by atoms with Gasteiger partial charge in [-0.05, 0) is 24.7 Å². The van der Waals surface area contributed by atoms with Crippen molar-refractivity contribution in [2.45, 2.75) is 78.2 Å². The number of aliphatic hydroxyl groups excluding tert-OH is 2. The zero-order valence-corrected chi connectivity index (χ0v) is 17.5. The van der Waals surface area contributed by atoms with E-state index in [1.54, 1.807) is 0 Å². The highest BCUT2D eigenvalue weighted by molar-refractivity contribution is 6.24. The molecule has 1 heterocycles. The molecule has 1 unspecified atom stereocenters. The van der Waals surface area contributed by atoms with Gasteiger partial charge >= 0.3 is 0 Å². The molecule has 2 N–H and O–H groups in total. The number of allylic oxidation sites excluding steroid dienone is 2. The van der Waals surface area contributed by atoms with Crippen LogP contribution in [0.4, 0.5) is 0 Å². The van der Waals surface area contributed by atoms with Crippen LogP contribution in [-0.4, -0.2) is 45.3 Å². The van der Waals surface area contributed by atoms with E-state index in [1.807, 2.05) is 20.8 Å². The van der Waals surface area contributed by atoms with Gasteiger partial charge in [0.15, 0.2) is 11.6 Å². The van der Waals surface area contributed by atoms with Crippen molar-refractivity contribution in [2.24, 2.45) is 10.4 Å². The Hall–Kier alpha value is -2.28. The largest absolute Gasteiger partial charge is 0.511 e. The molecule has 2 aliphatic carbocycles. The minimum absolute atomic E-state index is 0.0179. The topological polar surface area (TPSA) is 113 Å². The summed E-state index contributed by atoms with van der Waals surface area (Å²) in [5, 5.41) is 24.2. The van der Waals surface area contributed by atoms with E-state index in [-0.39, 0.29) is 47.4 Å². The maximum Gasteiger partial charge on any atom is 0.168 e. The highest BCUT2D eigenvalue weighted by Gasteiger charge is 2.36. The Kier molecular flexibility index (Phi) is 6.36. The monoisotopic (exact) mass is 402 g/mol. The van der Waals surface area contributed by atoms with Gasteiger partial charge in [0, 0.05) is 37.8 Å². The average molecular weight is 402 g/mol. The lowest BCUT2D eigenvalue weighted by atomic mass is 9.76. The number of Topliss-reactive ketones (excluding diaryl/α,β-unsaturated/α-hetero) is 2. The molecule has 158 valence electrons. The number of hydrogen-bond donors (Lipinski definition) is 2. The summed E-state index contributed by atoms with van der Waals surface area (Å²) in [6.07, 6.45) is 3.93. The van der Waals surface area contributed by atoms with Crippen LogP contribution < -0.4 is 0 Å². The van der Waals surface area contributed by atoms with Gasteiger partial charge in [-0.1, -0.05) is 25.9 Å². The van der Waals surface area contributed by atoms with E-state index in [2.05, 4.69) is 10.1 Å². The molecule has 0 radical (unpaired) electrons. The van der Waals surface area contributed by atoms with Crippen molar-refractivity contribution >= 4 is 17.3 Å². The van der Waals surface area contributed by atoms with Gasteiger partial charge in [0.25, 0.3) is 0 Å². The Bertz CT molecular complexity index is 859. The van der Waals surface area contributed by atoms with Crippen LogP contribution >= 0.6 is 0 Å². The zero-order valence-electron chi connectivity index (χ0n) is 17.5. The van der Waals surface area contributed by atoms with Crippen LogP contribution in [0.25, 0.3) is 0 Å². The summed E-state index contributed by atoms with van der Waals surface area (Å²) in [5.74, 6) is 0.476. The summed E-state index contributed by atoms with van der Waals surface area (Å²) >= 11 is 0. The van der Waals surface area contributed by atoms with Crippen molar-refractivity contribution in [3.63, 3.8) is 0 Å². The van der Waals surface area contributed by atoms with Crippen LogP contribution in [0.1, 0.15) is 81.1 Å². The van der Waals surface area contributed by atoms with Crippen LogP contribution in [0.2, 0.25) is 0 Å². The highest BCUT2D eigenvalue weighted by atomic mass is 16.5. The Balaban J connectivity index is 1.82. The van der Waals surface area contributed by atoms with Gasteiger partial charge in [-0.25, -0.2) is 0 Å². The number of aromatic nitrogens is 1. The van der Waals surface area contributed by atoms with Crippen LogP contribution in [0.15, 0.2) is 20.8 Å². The van der Waals surface area contributed by atoms with E-state index in [4.69, 9.17) is 4.52 Å². The fourth-order valence-corrected chi connectivity index (χ4v) is 4.12.